The van der Waals surface area contributed by atoms with Crippen LogP contribution in [0.3, 0.4) is 0 Å². The van der Waals surface area contributed by atoms with Crippen molar-refractivity contribution in [3.05, 3.63) is 51.7 Å². The van der Waals surface area contributed by atoms with E-state index in [-0.39, 0.29) is 21.7 Å². The quantitative estimate of drug-likeness (QED) is 0.821. The van der Waals surface area contributed by atoms with Crippen molar-refractivity contribution in [2.45, 2.75) is 0 Å². The molecule has 124 valence electrons. The monoisotopic (exact) mass is 366 g/mol. The van der Waals surface area contributed by atoms with E-state index in [0.717, 1.165) is 17.6 Å². The van der Waals surface area contributed by atoms with E-state index < -0.39 is 27.8 Å². The molecule has 0 spiro atoms. The number of carbonyl (C=O) groups excluding carboxylic acids is 3. The van der Waals surface area contributed by atoms with Gasteiger partial charge in [-0.3, -0.25) is 14.3 Å². The fourth-order valence-corrected chi connectivity index (χ4v) is 3.48. The summed E-state index contributed by atoms with van der Waals surface area (Å²) < 4.78 is 24.8. The van der Waals surface area contributed by atoms with Gasteiger partial charge >= 0.3 is 5.97 Å². The molecular weight excluding hydrogens is 356 g/mol. The Balaban J connectivity index is 1.84. The summed E-state index contributed by atoms with van der Waals surface area (Å²) in [6.07, 6.45) is 0.934. The normalized spacial score (nSPS) is 13.8. The number of sulfonamides is 1. The smallest absolute Gasteiger partial charge is 0.323 e. The van der Waals surface area contributed by atoms with E-state index >= 15 is 0 Å². The van der Waals surface area contributed by atoms with Gasteiger partial charge in [0, 0.05) is 0 Å². The molecule has 2 heterocycles. The Labute approximate surface area is 140 Å². The van der Waals surface area contributed by atoms with Gasteiger partial charge in [0.2, 0.25) is 10.0 Å². The largest absolute Gasteiger partial charge is 0.375 e. The molecule has 2 aromatic rings. The second-order valence-corrected chi connectivity index (χ2v) is 7.53. The second-order valence-electron chi connectivity index (χ2n) is 4.87. The van der Waals surface area contributed by atoms with Crippen LogP contribution >= 0.6 is 11.3 Å². The van der Waals surface area contributed by atoms with Crippen molar-refractivity contribution in [1.82, 2.24) is 5.06 Å². The van der Waals surface area contributed by atoms with Crippen LogP contribution in [0.2, 0.25) is 0 Å². The minimum Gasteiger partial charge on any atom is -0.323 e. The molecule has 0 saturated heterocycles. The van der Waals surface area contributed by atoms with Crippen LogP contribution in [-0.4, -0.2) is 37.5 Å². The highest BCUT2D eigenvalue weighted by atomic mass is 32.2. The molecule has 1 N–H and O–H groups in total. The zero-order valence-electron chi connectivity index (χ0n) is 12.2. The summed E-state index contributed by atoms with van der Waals surface area (Å²) in [6.45, 7) is 0. The number of nitrogens with zero attached hydrogens (tertiary/aromatic N) is 1. The molecule has 0 radical (unpaired) electrons. The van der Waals surface area contributed by atoms with Crippen LogP contribution in [0.4, 0.5) is 5.69 Å². The highest BCUT2D eigenvalue weighted by Gasteiger charge is 2.39. The lowest BCUT2D eigenvalue weighted by molar-refractivity contribution is -0.0580. The van der Waals surface area contributed by atoms with Crippen LogP contribution in [0.5, 0.6) is 0 Å². The molecule has 10 heteroatoms. The number of nitrogens with one attached hydrogen (secondary N) is 1. The van der Waals surface area contributed by atoms with Crippen molar-refractivity contribution in [2.75, 3.05) is 11.0 Å². The molecule has 0 fully saturated rings. The van der Waals surface area contributed by atoms with Crippen LogP contribution in [-0.2, 0) is 14.9 Å². The van der Waals surface area contributed by atoms with Crippen LogP contribution < -0.4 is 4.72 Å². The number of hydroxylamine groups is 2. The van der Waals surface area contributed by atoms with Crippen molar-refractivity contribution < 1.29 is 27.6 Å². The third kappa shape index (κ3) is 2.88. The summed E-state index contributed by atoms with van der Waals surface area (Å²) in [5.41, 5.74) is 0.288. The molecule has 2 amide bonds. The molecule has 0 aliphatic carbocycles. The average molecular weight is 366 g/mol. The summed E-state index contributed by atoms with van der Waals surface area (Å²) >= 11 is 0.917. The first kappa shape index (κ1) is 16.1. The van der Waals surface area contributed by atoms with Gasteiger partial charge in [0.05, 0.1) is 23.1 Å². The lowest BCUT2D eigenvalue weighted by Gasteiger charge is -2.12. The molecule has 1 aliphatic heterocycles. The van der Waals surface area contributed by atoms with Crippen molar-refractivity contribution in [3.8, 4) is 0 Å². The van der Waals surface area contributed by atoms with Gasteiger partial charge in [0.25, 0.3) is 11.8 Å². The maximum Gasteiger partial charge on any atom is 0.375 e. The predicted molar refractivity (Wildman–Crippen MR) is 85.1 cm³/mol. The Morgan fingerprint density at radius 2 is 1.71 bits per heavy atom. The summed E-state index contributed by atoms with van der Waals surface area (Å²) in [5, 5.41) is 1.85. The lowest BCUT2D eigenvalue weighted by Crippen LogP contribution is -2.32. The number of carbonyl (C=O) groups is 3. The Hall–Kier alpha value is -2.72. The molecule has 0 unspecified atom stereocenters. The average Bonchev–Trinajstić information content (AvgIpc) is 3.05. The molecule has 1 aromatic carbocycles. The van der Waals surface area contributed by atoms with Crippen molar-refractivity contribution in [1.29, 1.82) is 0 Å². The molecular formula is C14H10N2O6S2. The molecule has 3 rings (SSSR count). The second kappa shape index (κ2) is 5.73. The van der Waals surface area contributed by atoms with Gasteiger partial charge in [-0.05, 0) is 23.6 Å². The van der Waals surface area contributed by atoms with E-state index in [1.165, 1.54) is 23.6 Å². The number of thiophene rings is 1. The number of imide groups is 1. The summed E-state index contributed by atoms with van der Waals surface area (Å²) in [5.74, 6) is -2.51. The molecule has 24 heavy (non-hydrogen) atoms. The first-order valence-corrected chi connectivity index (χ1v) is 9.30. The van der Waals surface area contributed by atoms with E-state index in [1.54, 1.807) is 12.1 Å². The Morgan fingerprint density at radius 3 is 2.25 bits per heavy atom. The molecule has 0 bridgehead atoms. The van der Waals surface area contributed by atoms with Crippen LogP contribution in [0.1, 0.15) is 30.4 Å². The third-order valence-corrected chi connectivity index (χ3v) is 4.56. The van der Waals surface area contributed by atoms with Gasteiger partial charge in [-0.1, -0.05) is 17.2 Å². The fourth-order valence-electron chi connectivity index (χ4n) is 2.12. The number of amides is 2. The summed E-state index contributed by atoms with van der Waals surface area (Å²) in [6, 6.07) is 7.45. The Bertz CT molecular complexity index is 928. The summed E-state index contributed by atoms with van der Waals surface area (Å²) in [4.78, 5) is 41.3. The van der Waals surface area contributed by atoms with Gasteiger partial charge in [-0.15, -0.1) is 11.3 Å². The molecule has 0 atom stereocenters. The molecule has 8 nitrogen and oxygen atoms in total. The first-order valence-electron chi connectivity index (χ1n) is 6.53. The van der Waals surface area contributed by atoms with E-state index in [0.29, 0.717) is 5.06 Å². The molecule has 1 aromatic heterocycles. The zero-order chi connectivity index (χ0) is 17.5. The van der Waals surface area contributed by atoms with Crippen molar-refractivity contribution in [3.63, 3.8) is 0 Å². The number of rotatable bonds is 4. The maximum atomic E-state index is 12.2. The topological polar surface area (TPSA) is 110 Å². The number of hydrogen-bond donors (Lipinski definition) is 1. The van der Waals surface area contributed by atoms with Gasteiger partial charge in [0.1, 0.15) is 4.88 Å². The Morgan fingerprint density at radius 1 is 1.12 bits per heavy atom. The number of hydrogen-bond acceptors (Lipinski definition) is 7. The van der Waals surface area contributed by atoms with Crippen LogP contribution in [0.25, 0.3) is 0 Å². The van der Waals surface area contributed by atoms with Crippen LogP contribution in [0, 0.1) is 0 Å². The highest BCUT2D eigenvalue weighted by molar-refractivity contribution is 7.92. The number of anilines is 1. The molecule has 0 saturated carbocycles. The fraction of sp³-hybridized carbons (Fsp3) is 0.0714. The third-order valence-electron chi connectivity index (χ3n) is 3.08. The number of benzene rings is 1. The van der Waals surface area contributed by atoms with Crippen molar-refractivity contribution >= 4 is 44.8 Å². The zero-order valence-corrected chi connectivity index (χ0v) is 13.8. The van der Waals surface area contributed by atoms with Crippen molar-refractivity contribution in [2.24, 2.45) is 0 Å². The van der Waals surface area contributed by atoms with E-state index in [2.05, 4.69) is 4.72 Å². The minimum absolute atomic E-state index is 0.0177. The van der Waals surface area contributed by atoms with E-state index in [4.69, 9.17) is 4.84 Å². The first-order chi connectivity index (χ1) is 11.3. The standard InChI is InChI=1S/C14H10N2O6S2/c1-24(20,21)15-10-6-7-23-11(10)14(19)22-16-12(17)8-4-2-3-5-9(8)13(16)18/h2-7,15H,1H3. The van der Waals surface area contributed by atoms with Gasteiger partial charge in [0.15, 0.2) is 0 Å². The predicted octanol–water partition coefficient (Wildman–Crippen LogP) is 1.49. The molecule has 1 aliphatic rings. The van der Waals surface area contributed by atoms with E-state index in [9.17, 15) is 22.8 Å². The summed E-state index contributed by atoms with van der Waals surface area (Å²) in [7, 11) is -3.59. The van der Waals surface area contributed by atoms with Crippen LogP contribution in [0.15, 0.2) is 35.7 Å². The maximum absolute atomic E-state index is 12.2. The van der Waals surface area contributed by atoms with Gasteiger partial charge in [-0.2, -0.15) is 0 Å². The Kier molecular flexibility index (Phi) is 3.85. The highest BCUT2D eigenvalue weighted by Crippen LogP contribution is 2.27. The lowest BCUT2D eigenvalue weighted by atomic mass is 10.1. The SMILES string of the molecule is CS(=O)(=O)Nc1ccsc1C(=O)ON1C(=O)c2ccccc2C1=O. The van der Waals surface area contributed by atoms with Gasteiger partial charge < -0.3 is 4.84 Å². The number of fused-ring (bicyclic) bond motifs is 1. The van der Waals surface area contributed by atoms with Gasteiger partial charge in [-0.25, -0.2) is 13.2 Å². The minimum atomic E-state index is -3.59. The van der Waals surface area contributed by atoms with E-state index in [1.807, 2.05) is 0 Å².